The maximum absolute atomic E-state index is 14.0. The molecule has 1 aliphatic heterocycles. The van der Waals surface area contributed by atoms with Gasteiger partial charge in [0.05, 0.1) is 22.7 Å². The van der Waals surface area contributed by atoms with Crippen molar-refractivity contribution >= 4 is 54.0 Å². The Morgan fingerprint density at radius 1 is 1.14 bits per heavy atom. The number of thiazole rings is 1. The summed E-state index contributed by atoms with van der Waals surface area (Å²) >= 11 is 2.72. The Hall–Kier alpha value is -2.59. The van der Waals surface area contributed by atoms with Gasteiger partial charge in [0.25, 0.3) is 10.0 Å². The van der Waals surface area contributed by atoms with E-state index in [9.17, 15) is 13.2 Å². The lowest BCUT2D eigenvalue weighted by molar-refractivity contribution is -0.123. The van der Waals surface area contributed by atoms with E-state index in [1.165, 1.54) is 27.0 Å². The van der Waals surface area contributed by atoms with Gasteiger partial charge < -0.3 is 0 Å². The van der Waals surface area contributed by atoms with Crippen molar-refractivity contribution in [2.45, 2.75) is 37.4 Å². The molecule has 0 saturated carbocycles. The Balaban J connectivity index is 1.48. The standard InChI is InChI=1S/C26H27N3O3S3/c1-18-14-19(2)24-22(15-18)34-26(27-24)29(16-20-8-4-3-5-9-20)25(30)21-10-6-12-28(17-21)35(31,32)23-11-7-13-33-23/h3-5,7-9,11,13-15,21H,6,10,12,16-17H2,1-2H3. The van der Waals surface area contributed by atoms with Crippen molar-refractivity contribution in [1.82, 2.24) is 9.29 Å². The molecular formula is C26H27N3O3S3. The van der Waals surface area contributed by atoms with Gasteiger partial charge in [0.15, 0.2) is 5.13 Å². The first-order valence-electron chi connectivity index (χ1n) is 11.6. The Morgan fingerprint density at radius 3 is 2.69 bits per heavy atom. The molecule has 1 aliphatic rings. The highest BCUT2D eigenvalue weighted by Gasteiger charge is 2.36. The first kappa shape index (κ1) is 24.1. The third-order valence-corrected chi connectivity index (χ3v) is 10.6. The summed E-state index contributed by atoms with van der Waals surface area (Å²) in [6.07, 6.45) is 1.31. The number of aryl methyl sites for hydroxylation is 2. The molecule has 2 aromatic heterocycles. The van der Waals surface area contributed by atoms with Crippen molar-refractivity contribution in [1.29, 1.82) is 0 Å². The Morgan fingerprint density at radius 2 is 1.94 bits per heavy atom. The Labute approximate surface area is 213 Å². The van der Waals surface area contributed by atoms with E-state index >= 15 is 0 Å². The van der Waals surface area contributed by atoms with Crippen LogP contribution in [0.15, 0.2) is 64.2 Å². The molecule has 182 valence electrons. The molecule has 2 aromatic carbocycles. The number of fused-ring (bicyclic) bond motifs is 1. The maximum atomic E-state index is 14.0. The van der Waals surface area contributed by atoms with E-state index in [0.717, 1.165) is 26.9 Å². The summed E-state index contributed by atoms with van der Waals surface area (Å²) in [5, 5.41) is 2.42. The second-order valence-electron chi connectivity index (χ2n) is 8.97. The number of carbonyl (C=O) groups excluding carboxylic acids is 1. The van der Waals surface area contributed by atoms with Crippen LogP contribution < -0.4 is 4.90 Å². The maximum Gasteiger partial charge on any atom is 0.252 e. The normalized spacial score (nSPS) is 17.0. The predicted octanol–water partition coefficient (Wildman–Crippen LogP) is 5.61. The molecule has 0 spiro atoms. The van der Waals surface area contributed by atoms with E-state index in [1.807, 2.05) is 37.3 Å². The minimum absolute atomic E-state index is 0.0756. The molecule has 0 bridgehead atoms. The molecule has 0 N–H and O–H groups in total. The first-order chi connectivity index (χ1) is 16.8. The fraction of sp³-hybridized carbons (Fsp3) is 0.308. The van der Waals surface area contributed by atoms with Gasteiger partial charge in [-0.25, -0.2) is 13.4 Å². The monoisotopic (exact) mass is 525 g/mol. The summed E-state index contributed by atoms with van der Waals surface area (Å²) in [7, 11) is -3.60. The summed E-state index contributed by atoms with van der Waals surface area (Å²) in [5.41, 5.74) is 4.16. The van der Waals surface area contributed by atoms with Crippen molar-refractivity contribution in [3.8, 4) is 0 Å². The number of hydrogen-bond acceptors (Lipinski definition) is 6. The number of benzene rings is 2. The summed E-state index contributed by atoms with van der Waals surface area (Å²) in [6, 6.07) is 17.4. The molecule has 1 unspecified atom stereocenters. The van der Waals surface area contributed by atoms with E-state index in [-0.39, 0.29) is 12.5 Å². The molecule has 1 amide bonds. The third-order valence-electron chi connectivity index (χ3n) is 6.32. The van der Waals surface area contributed by atoms with Gasteiger partial charge in [0.1, 0.15) is 4.21 Å². The fourth-order valence-electron chi connectivity index (χ4n) is 4.60. The van der Waals surface area contributed by atoms with Gasteiger partial charge in [-0.2, -0.15) is 4.31 Å². The number of sulfonamides is 1. The van der Waals surface area contributed by atoms with Crippen molar-refractivity contribution in [2.24, 2.45) is 5.92 Å². The number of carbonyl (C=O) groups is 1. The zero-order valence-electron chi connectivity index (χ0n) is 19.7. The molecule has 5 rings (SSSR count). The lowest BCUT2D eigenvalue weighted by atomic mass is 9.98. The molecule has 6 nitrogen and oxygen atoms in total. The topological polar surface area (TPSA) is 70.6 Å². The van der Waals surface area contributed by atoms with Crippen LogP contribution in [0.2, 0.25) is 0 Å². The van der Waals surface area contributed by atoms with Gasteiger partial charge in [-0.3, -0.25) is 9.69 Å². The lowest BCUT2D eigenvalue weighted by Crippen LogP contribution is -2.46. The van der Waals surface area contributed by atoms with Crippen molar-refractivity contribution < 1.29 is 13.2 Å². The van der Waals surface area contributed by atoms with E-state index in [1.54, 1.807) is 22.4 Å². The van der Waals surface area contributed by atoms with Crippen LogP contribution in [-0.2, 0) is 21.4 Å². The van der Waals surface area contributed by atoms with E-state index < -0.39 is 15.9 Å². The number of amides is 1. The number of hydrogen-bond donors (Lipinski definition) is 0. The van der Waals surface area contributed by atoms with Crippen LogP contribution in [0.5, 0.6) is 0 Å². The minimum Gasteiger partial charge on any atom is -0.283 e. The van der Waals surface area contributed by atoms with Gasteiger partial charge in [-0.1, -0.05) is 53.8 Å². The molecule has 1 fully saturated rings. The van der Waals surface area contributed by atoms with E-state index in [0.29, 0.717) is 35.3 Å². The molecule has 4 aromatic rings. The number of nitrogens with zero attached hydrogens (tertiary/aromatic N) is 3. The van der Waals surface area contributed by atoms with Gasteiger partial charge in [-0.05, 0) is 60.9 Å². The second-order valence-corrected chi connectivity index (χ2v) is 13.1. The second kappa shape index (κ2) is 9.81. The average Bonchev–Trinajstić information content (AvgIpc) is 3.54. The summed E-state index contributed by atoms with van der Waals surface area (Å²) < 4.78 is 29.1. The quantitative estimate of drug-likeness (QED) is 0.328. The Bertz CT molecular complexity index is 1450. The van der Waals surface area contributed by atoms with Crippen LogP contribution in [0.1, 0.15) is 29.5 Å². The lowest BCUT2D eigenvalue weighted by Gasteiger charge is -2.33. The van der Waals surface area contributed by atoms with Crippen LogP contribution in [-0.4, -0.2) is 36.7 Å². The highest BCUT2D eigenvalue weighted by Crippen LogP contribution is 2.35. The van der Waals surface area contributed by atoms with Crippen LogP contribution in [0, 0.1) is 19.8 Å². The molecule has 1 atom stereocenters. The summed E-state index contributed by atoms with van der Waals surface area (Å²) in [5.74, 6) is -0.495. The van der Waals surface area contributed by atoms with Gasteiger partial charge in [0.2, 0.25) is 5.91 Å². The first-order valence-corrected chi connectivity index (χ1v) is 14.7. The smallest absolute Gasteiger partial charge is 0.252 e. The van der Waals surface area contributed by atoms with Crippen LogP contribution in [0.25, 0.3) is 10.2 Å². The molecular weight excluding hydrogens is 499 g/mol. The largest absolute Gasteiger partial charge is 0.283 e. The Kier molecular flexibility index (Phi) is 6.76. The SMILES string of the molecule is Cc1cc(C)c2nc(N(Cc3ccccc3)C(=O)C3CCCN(S(=O)(=O)c4cccs4)C3)sc2c1. The minimum atomic E-state index is -3.60. The predicted molar refractivity (Wildman–Crippen MR) is 143 cm³/mol. The van der Waals surface area contributed by atoms with Gasteiger partial charge >= 0.3 is 0 Å². The van der Waals surface area contributed by atoms with Crippen LogP contribution >= 0.6 is 22.7 Å². The average molecular weight is 526 g/mol. The zero-order chi connectivity index (χ0) is 24.6. The van der Waals surface area contributed by atoms with E-state index in [4.69, 9.17) is 4.98 Å². The van der Waals surface area contributed by atoms with Gasteiger partial charge in [-0.15, -0.1) is 11.3 Å². The van der Waals surface area contributed by atoms with Gasteiger partial charge in [0, 0.05) is 13.1 Å². The number of aromatic nitrogens is 1. The van der Waals surface area contributed by atoms with Crippen molar-refractivity contribution in [3.05, 3.63) is 76.7 Å². The summed E-state index contributed by atoms with van der Waals surface area (Å²) in [6.45, 7) is 5.11. The zero-order valence-corrected chi connectivity index (χ0v) is 22.1. The molecule has 0 radical (unpaired) electrons. The van der Waals surface area contributed by atoms with E-state index in [2.05, 4.69) is 19.1 Å². The van der Waals surface area contributed by atoms with Crippen molar-refractivity contribution in [2.75, 3.05) is 18.0 Å². The van der Waals surface area contributed by atoms with Crippen LogP contribution in [0.4, 0.5) is 5.13 Å². The fourth-order valence-corrected chi connectivity index (χ4v) is 8.42. The van der Waals surface area contributed by atoms with Crippen molar-refractivity contribution in [3.63, 3.8) is 0 Å². The highest BCUT2D eigenvalue weighted by molar-refractivity contribution is 7.91. The number of piperidine rings is 1. The molecule has 35 heavy (non-hydrogen) atoms. The molecule has 9 heteroatoms. The molecule has 3 heterocycles. The number of anilines is 1. The van der Waals surface area contributed by atoms with Crippen LogP contribution in [0.3, 0.4) is 0 Å². The molecule has 0 aliphatic carbocycles. The third kappa shape index (κ3) is 4.91. The number of thiophene rings is 1. The summed E-state index contributed by atoms with van der Waals surface area (Å²) in [4.78, 5) is 20.6. The molecule has 1 saturated heterocycles. The highest BCUT2D eigenvalue weighted by atomic mass is 32.2. The number of rotatable bonds is 6.